The van der Waals surface area contributed by atoms with Gasteiger partial charge in [0.15, 0.2) is 18.7 Å². The molecule has 3 saturated heterocycles. The Labute approximate surface area is 547 Å². The molecule has 0 bridgehead atoms. The van der Waals surface area contributed by atoms with Crippen LogP contribution in [0.5, 0.6) is 0 Å². The summed E-state index contributed by atoms with van der Waals surface area (Å²) in [5.74, 6) is -6.07. The van der Waals surface area contributed by atoms with Crippen LogP contribution in [0.15, 0.2) is 0 Å². The van der Waals surface area contributed by atoms with Gasteiger partial charge < -0.3 is 63.6 Å². The summed E-state index contributed by atoms with van der Waals surface area (Å²) < 4.78 is 44.5. The SMILES string of the molecule is CCCCCCCCCCCCCCCCCC(=O)O.CCCCCCCCCCCCCCCCCC(=O)O[C@H]1[C@H](C)O[C@@H](O[C@H]2[C@H](C)[C@@H](O[C@@H]3O[C@H](C)C[C@H](N(C)C)[C@H]3O)[C@](C)(O)C[C@@H](C)C(=O)[C@H](C)[C@@H](O)[C@](C)(O)[C@@H](CC)OC(=O)[C@@H]2C)C[C@@]1(C)OC. The van der Waals surface area contributed by atoms with Crippen LogP contribution in [0.3, 0.4) is 0 Å². The lowest BCUT2D eigenvalue weighted by Crippen LogP contribution is -2.61. The number of rotatable bonds is 40. The molecule has 3 heterocycles. The number of esters is 2. The molecular weight excluding hydrogens is 1150 g/mol. The van der Waals surface area contributed by atoms with E-state index in [1.54, 1.807) is 41.7 Å². The number of carbonyl (C=O) groups is 4. The van der Waals surface area contributed by atoms with E-state index in [-0.39, 0.29) is 43.8 Å². The van der Waals surface area contributed by atoms with Gasteiger partial charge in [-0.3, -0.25) is 19.2 Å². The van der Waals surface area contributed by atoms with Crippen molar-refractivity contribution in [1.29, 1.82) is 0 Å². The van der Waals surface area contributed by atoms with Gasteiger partial charge >= 0.3 is 17.9 Å². The third-order valence-corrected chi connectivity index (χ3v) is 20.0. The minimum absolute atomic E-state index is 0.0893. The quantitative estimate of drug-likeness (QED) is 0.0283. The van der Waals surface area contributed by atoms with Crippen LogP contribution < -0.4 is 0 Å². The smallest absolute Gasteiger partial charge is 0.311 e. The molecule has 0 radical (unpaired) electrons. The van der Waals surface area contributed by atoms with E-state index in [9.17, 15) is 39.6 Å². The van der Waals surface area contributed by atoms with Crippen molar-refractivity contribution >= 4 is 23.7 Å². The Morgan fingerprint density at radius 3 is 1.47 bits per heavy atom. The number of aliphatic hydroxyl groups is 4. The van der Waals surface area contributed by atoms with Crippen molar-refractivity contribution in [2.75, 3.05) is 21.2 Å². The average molecular weight is 1280 g/mol. The highest BCUT2D eigenvalue weighted by molar-refractivity contribution is 5.83. The van der Waals surface area contributed by atoms with Crippen molar-refractivity contribution in [3.05, 3.63) is 0 Å². The number of likely N-dealkylation sites (N-methyl/N-ethyl adjacent to an activating group) is 1. The molecule has 0 aliphatic carbocycles. The molecule has 3 fully saturated rings. The van der Waals surface area contributed by atoms with Gasteiger partial charge in [-0.25, -0.2) is 0 Å². The largest absolute Gasteiger partial charge is 0.481 e. The lowest BCUT2D eigenvalue weighted by Gasteiger charge is -2.49. The molecule has 0 saturated carbocycles. The maximum atomic E-state index is 14.4. The standard InChI is InChI=1S/C55H101NO14.C18H36O2/c1-15-17-18-19-20-21-22-23-24-25-26-27-28-29-30-31-43(57)68-50-40(8)66-44(34-54(50,10)64-14)69-47-38(6)49(70-52-46(59)41(56(12)13)32-36(4)65-52)53(9,62)33-35(3)45(58)37(5)48(60)55(11,63)42(16-2)67-51(61)39(47)7;1-2-3-4-5-6-7-8-9-10-11-12-13-14-15-16-17-18(19)20/h35-42,44,46-50,52,59-60,62-63H,15-34H2,1-14H3;2-17H2,1H3,(H,19,20)/t35-,36-,37+,38+,39-,40+,41+,42-,44+,46-,47+,48-,49-,50+,52+,53-,54-,55-;/m1./s1. The molecule has 0 spiro atoms. The summed E-state index contributed by atoms with van der Waals surface area (Å²) in [5.41, 5.74) is -4.92. The second-order valence-corrected chi connectivity index (χ2v) is 28.7. The highest BCUT2D eigenvalue weighted by atomic mass is 16.7. The molecular formula is C73H137NO16. The van der Waals surface area contributed by atoms with Crippen LogP contribution in [0.25, 0.3) is 0 Å². The lowest BCUT2D eigenvalue weighted by molar-refractivity contribution is -0.318. The number of aliphatic carboxylic acids is 1. The van der Waals surface area contributed by atoms with E-state index >= 15 is 0 Å². The number of aliphatic hydroxyl groups excluding tert-OH is 2. The Bertz CT molecular complexity index is 1920. The average Bonchev–Trinajstić information content (AvgIpc) is 0.815. The van der Waals surface area contributed by atoms with Crippen molar-refractivity contribution in [1.82, 2.24) is 4.90 Å². The first-order valence-electron chi connectivity index (χ1n) is 36.4. The fraction of sp³-hybridized carbons (Fsp3) is 0.945. The van der Waals surface area contributed by atoms with E-state index in [4.69, 9.17) is 38.3 Å². The first-order valence-corrected chi connectivity index (χ1v) is 36.4. The molecule has 3 aliphatic heterocycles. The number of carboxylic acid groups (broad SMARTS) is 1. The first kappa shape index (κ1) is 83.8. The number of hydrogen-bond donors (Lipinski definition) is 5. The summed E-state index contributed by atoms with van der Waals surface area (Å²) in [6.07, 6.45) is 29.2. The number of ether oxygens (including phenoxy) is 7. The number of unbranched alkanes of at least 4 members (excludes halogenated alkanes) is 28. The topological polar surface area (TPSA) is 237 Å². The van der Waals surface area contributed by atoms with Crippen molar-refractivity contribution in [2.45, 2.75) is 398 Å². The molecule has 0 unspecified atom stereocenters. The zero-order chi connectivity index (χ0) is 67.5. The van der Waals surface area contributed by atoms with E-state index in [0.717, 1.165) is 38.5 Å². The molecule has 0 aromatic rings. The Hall–Kier alpha value is -2.32. The maximum absolute atomic E-state index is 14.4. The fourth-order valence-electron chi connectivity index (χ4n) is 14.1. The van der Waals surface area contributed by atoms with Gasteiger partial charge in [0.1, 0.15) is 29.2 Å². The van der Waals surface area contributed by atoms with Gasteiger partial charge in [0.05, 0.1) is 42.0 Å². The van der Waals surface area contributed by atoms with Gasteiger partial charge in [-0.15, -0.1) is 0 Å². The van der Waals surface area contributed by atoms with E-state index in [1.807, 2.05) is 32.8 Å². The summed E-state index contributed by atoms with van der Waals surface area (Å²) in [5, 5.41) is 56.1. The number of ketones is 1. The van der Waals surface area contributed by atoms with Crippen LogP contribution in [0, 0.1) is 23.7 Å². The molecule has 530 valence electrons. The Balaban J connectivity index is 0.00000117. The predicted octanol–water partition coefficient (Wildman–Crippen LogP) is 14.9. The van der Waals surface area contributed by atoms with E-state index in [0.29, 0.717) is 12.8 Å². The second-order valence-electron chi connectivity index (χ2n) is 28.7. The Kier molecular flexibility index (Phi) is 42.1. The number of methoxy groups -OCH3 is 1. The first-order chi connectivity index (χ1) is 42.6. The lowest BCUT2D eigenvalue weighted by atomic mass is 9.74. The molecule has 3 aliphatic rings. The highest BCUT2D eigenvalue weighted by Crippen LogP contribution is 2.42. The molecule has 17 heteroatoms. The van der Waals surface area contributed by atoms with Crippen LogP contribution in [-0.2, 0) is 52.3 Å². The van der Waals surface area contributed by atoms with Gasteiger partial charge in [0.2, 0.25) is 0 Å². The van der Waals surface area contributed by atoms with Crippen LogP contribution in [0.4, 0.5) is 0 Å². The van der Waals surface area contributed by atoms with Crippen molar-refractivity contribution in [3.8, 4) is 0 Å². The van der Waals surface area contributed by atoms with E-state index < -0.39 is 114 Å². The van der Waals surface area contributed by atoms with Gasteiger partial charge in [-0.2, -0.15) is 0 Å². The Morgan fingerprint density at radius 2 is 1.04 bits per heavy atom. The molecule has 5 N–H and O–H groups in total. The molecule has 18 atom stereocenters. The van der Waals surface area contributed by atoms with Gasteiger partial charge in [-0.1, -0.05) is 221 Å². The molecule has 0 aromatic carbocycles. The predicted molar refractivity (Wildman–Crippen MR) is 357 cm³/mol. The van der Waals surface area contributed by atoms with Crippen LogP contribution in [0.2, 0.25) is 0 Å². The van der Waals surface area contributed by atoms with Crippen molar-refractivity contribution in [3.63, 3.8) is 0 Å². The van der Waals surface area contributed by atoms with Gasteiger partial charge in [0, 0.05) is 50.2 Å². The van der Waals surface area contributed by atoms with Gasteiger partial charge in [-0.05, 0) is 87.7 Å². The van der Waals surface area contributed by atoms with Crippen LogP contribution in [0.1, 0.15) is 314 Å². The van der Waals surface area contributed by atoms with E-state index in [2.05, 4.69) is 13.8 Å². The molecule has 3 rings (SSSR count). The summed E-state index contributed by atoms with van der Waals surface area (Å²) in [6, 6.07) is -0.343. The molecule has 0 aromatic heterocycles. The van der Waals surface area contributed by atoms with Crippen molar-refractivity contribution in [2.24, 2.45) is 23.7 Å². The van der Waals surface area contributed by atoms with Crippen LogP contribution in [-0.4, -0.2) is 160 Å². The molecule has 17 nitrogen and oxygen atoms in total. The summed E-state index contributed by atoms with van der Waals surface area (Å²) >= 11 is 0. The number of carboxylic acids is 1. The minimum Gasteiger partial charge on any atom is -0.481 e. The van der Waals surface area contributed by atoms with Crippen LogP contribution >= 0.6 is 0 Å². The van der Waals surface area contributed by atoms with Crippen molar-refractivity contribution < 1.29 is 77.9 Å². The number of cyclic esters (lactones) is 1. The number of carbonyl (C=O) groups excluding carboxylic acids is 3. The summed E-state index contributed by atoms with van der Waals surface area (Å²) in [7, 11) is 5.26. The Morgan fingerprint density at radius 1 is 0.600 bits per heavy atom. The number of Topliss-reactive ketones (excluding diaryl/α,β-unsaturated/α-hetero) is 1. The monoisotopic (exact) mass is 1280 g/mol. The van der Waals surface area contributed by atoms with Gasteiger partial charge in [0.25, 0.3) is 0 Å². The summed E-state index contributed by atoms with van der Waals surface area (Å²) in [4.78, 5) is 54.0. The molecule has 90 heavy (non-hydrogen) atoms. The minimum atomic E-state index is -2.02. The molecule has 0 amide bonds. The zero-order valence-electron chi connectivity index (χ0n) is 59.8. The second kappa shape index (κ2) is 45.2. The third kappa shape index (κ3) is 30.2. The zero-order valence-corrected chi connectivity index (χ0v) is 59.8. The third-order valence-electron chi connectivity index (χ3n) is 20.0. The number of nitrogens with zero attached hydrogens (tertiary/aromatic N) is 1. The normalized spacial score (nSPS) is 33.0. The maximum Gasteiger partial charge on any atom is 0.311 e. The van der Waals surface area contributed by atoms with E-state index in [1.165, 1.54) is 175 Å². The fourth-order valence-corrected chi connectivity index (χ4v) is 14.1. The number of hydrogen-bond acceptors (Lipinski definition) is 16. The highest BCUT2D eigenvalue weighted by Gasteiger charge is 2.54. The summed E-state index contributed by atoms with van der Waals surface area (Å²) in [6.45, 7) is 21.2.